The Labute approximate surface area is 157 Å². The van der Waals surface area contributed by atoms with Crippen molar-refractivity contribution in [3.63, 3.8) is 0 Å². The Hall–Kier alpha value is -3.87. The molecular formula is C21H13F2N3O2. The van der Waals surface area contributed by atoms with Gasteiger partial charge in [-0.3, -0.25) is 14.2 Å². The van der Waals surface area contributed by atoms with Crippen molar-refractivity contribution in [1.82, 2.24) is 9.55 Å². The summed E-state index contributed by atoms with van der Waals surface area (Å²) in [4.78, 5) is 29.3. The minimum absolute atomic E-state index is 0.0924. The van der Waals surface area contributed by atoms with E-state index in [0.717, 1.165) is 4.57 Å². The van der Waals surface area contributed by atoms with Gasteiger partial charge in [0.1, 0.15) is 18.0 Å². The maximum Gasteiger partial charge on any atom is 0.265 e. The second-order valence-corrected chi connectivity index (χ2v) is 6.07. The Morgan fingerprint density at radius 1 is 0.964 bits per heavy atom. The standard InChI is InChI=1S/C21H13F2N3O2/c22-14-4-3-5-15(11-14)25-20(27)13-8-9-16-18(10-13)24-12-26(21(16)28)19-7-2-1-6-17(19)23/h1-12H,(H,25,27). The molecule has 3 aromatic carbocycles. The van der Waals surface area contributed by atoms with Crippen molar-refractivity contribution in [3.8, 4) is 5.69 Å². The summed E-state index contributed by atoms with van der Waals surface area (Å²) in [6, 6.07) is 15.8. The monoisotopic (exact) mass is 377 g/mol. The summed E-state index contributed by atoms with van der Waals surface area (Å²) in [5.74, 6) is -1.48. The lowest BCUT2D eigenvalue weighted by Crippen LogP contribution is -2.20. The number of para-hydroxylation sites is 1. The van der Waals surface area contributed by atoms with Crippen LogP contribution in [0.25, 0.3) is 16.6 Å². The minimum Gasteiger partial charge on any atom is -0.322 e. The molecule has 0 bridgehead atoms. The van der Waals surface area contributed by atoms with Crippen molar-refractivity contribution in [1.29, 1.82) is 0 Å². The van der Waals surface area contributed by atoms with Crippen LogP contribution in [0.2, 0.25) is 0 Å². The van der Waals surface area contributed by atoms with Crippen molar-refractivity contribution >= 4 is 22.5 Å². The van der Waals surface area contributed by atoms with E-state index in [1.165, 1.54) is 60.9 Å². The molecule has 0 saturated carbocycles. The van der Waals surface area contributed by atoms with Crippen molar-refractivity contribution in [3.05, 3.63) is 101 Å². The summed E-state index contributed by atoms with van der Waals surface area (Å²) in [7, 11) is 0. The second kappa shape index (κ2) is 7.03. The highest BCUT2D eigenvalue weighted by molar-refractivity contribution is 6.06. The van der Waals surface area contributed by atoms with Crippen molar-refractivity contribution in [2.75, 3.05) is 5.32 Å². The fourth-order valence-corrected chi connectivity index (χ4v) is 2.85. The number of carbonyl (C=O) groups is 1. The van der Waals surface area contributed by atoms with Gasteiger partial charge in [-0.05, 0) is 48.5 Å². The summed E-state index contributed by atoms with van der Waals surface area (Å²) in [6.07, 6.45) is 1.22. The van der Waals surface area contributed by atoms with Gasteiger partial charge in [0.25, 0.3) is 11.5 Å². The first-order chi connectivity index (χ1) is 13.5. The lowest BCUT2D eigenvalue weighted by molar-refractivity contribution is 0.102. The van der Waals surface area contributed by atoms with E-state index in [9.17, 15) is 18.4 Å². The van der Waals surface area contributed by atoms with Crippen molar-refractivity contribution < 1.29 is 13.6 Å². The molecule has 5 nitrogen and oxygen atoms in total. The van der Waals surface area contributed by atoms with E-state index in [2.05, 4.69) is 10.3 Å². The predicted octanol–water partition coefficient (Wildman–Crippen LogP) is 3.92. The highest BCUT2D eigenvalue weighted by Crippen LogP contribution is 2.16. The molecule has 0 aliphatic heterocycles. The number of rotatable bonds is 3. The molecule has 4 rings (SSSR count). The molecule has 1 amide bonds. The van der Waals surface area contributed by atoms with Crippen LogP contribution in [0.15, 0.2) is 77.9 Å². The predicted molar refractivity (Wildman–Crippen MR) is 102 cm³/mol. The van der Waals surface area contributed by atoms with Gasteiger partial charge in [0.15, 0.2) is 0 Å². The summed E-state index contributed by atoms with van der Waals surface area (Å²) >= 11 is 0. The van der Waals surface area contributed by atoms with E-state index in [1.54, 1.807) is 12.1 Å². The molecule has 7 heteroatoms. The van der Waals surface area contributed by atoms with Crippen molar-refractivity contribution in [2.45, 2.75) is 0 Å². The molecule has 0 atom stereocenters. The number of halogens is 2. The van der Waals surface area contributed by atoms with Crippen molar-refractivity contribution in [2.24, 2.45) is 0 Å². The molecule has 0 spiro atoms. The SMILES string of the molecule is O=C(Nc1cccc(F)c1)c1ccc2c(=O)n(-c3ccccc3F)cnc2c1. The molecule has 0 aliphatic carbocycles. The van der Waals surface area contributed by atoms with Crippen LogP contribution in [0.1, 0.15) is 10.4 Å². The number of anilines is 1. The fraction of sp³-hybridized carbons (Fsp3) is 0. The maximum absolute atomic E-state index is 14.0. The van der Waals surface area contributed by atoms with Crippen LogP contribution >= 0.6 is 0 Å². The molecule has 0 aliphatic rings. The topological polar surface area (TPSA) is 64.0 Å². The van der Waals surface area contributed by atoms with Crippen LogP contribution in [0.4, 0.5) is 14.5 Å². The first-order valence-corrected chi connectivity index (χ1v) is 8.36. The Bertz CT molecular complexity index is 1270. The molecule has 0 saturated heterocycles. The minimum atomic E-state index is -0.545. The smallest absolute Gasteiger partial charge is 0.265 e. The molecule has 1 aromatic heterocycles. The lowest BCUT2D eigenvalue weighted by atomic mass is 10.1. The number of carbonyl (C=O) groups excluding carboxylic acids is 1. The third kappa shape index (κ3) is 3.25. The zero-order chi connectivity index (χ0) is 19.7. The van der Waals surface area contributed by atoms with E-state index in [-0.39, 0.29) is 16.6 Å². The number of aromatic nitrogens is 2. The third-order valence-electron chi connectivity index (χ3n) is 4.22. The van der Waals surface area contributed by atoms with Gasteiger partial charge in [0, 0.05) is 11.3 Å². The van der Waals surface area contributed by atoms with Gasteiger partial charge in [0.2, 0.25) is 0 Å². The first-order valence-electron chi connectivity index (χ1n) is 8.36. The summed E-state index contributed by atoms with van der Waals surface area (Å²) in [5.41, 5.74) is 0.506. The molecular weight excluding hydrogens is 364 g/mol. The van der Waals surface area contributed by atoms with Crippen LogP contribution in [0.3, 0.4) is 0 Å². The van der Waals surface area contributed by atoms with E-state index >= 15 is 0 Å². The Morgan fingerprint density at radius 2 is 1.79 bits per heavy atom. The Morgan fingerprint density at radius 3 is 2.57 bits per heavy atom. The van der Waals surface area contributed by atoms with Gasteiger partial charge in [0.05, 0.1) is 16.6 Å². The van der Waals surface area contributed by atoms with Gasteiger partial charge in [-0.15, -0.1) is 0 Å². The number of fused-ring (bicyclic) bond motifs is 1. The van der Waals surface area contributed by atoms with E-state index in [1.807, 2.05) is 0 Å². The Balaban J connectivity index is 1.71. The van der Waals surface area contributed by atoms with Crippen LogP contribution in [0, 0.1) is 11.6 Å². The molecule has 28 heavy (non-hydrogen) atoms. The van der Waals surface area contributed by atoms with Gasteiger partial charge in [-0.25, -0.2) is 13.8 Å². The van der Waals surface area contributed by atoms with E-state index in [4.69, 9.17) is 0 Å². The van der Waals surface area contributed by atoms with E-state index < -0.39 is 23.1 Å². The van der Waals surface area contributed by atoms with Gasteiger partial charge >= 0.3 is 0 Å². The zero-order valence-electron chi connectivity index (χ0n) is 14.4. The average molecular weight is 377 g/mol. The summed E-state index contributed by atoms with van der Waals surface area (Å²) in [6.45, 7) is 0. The number of nitrogens with zero attached hydrogens (tertiary/aromatic N) is 2. The lowest BCUT2D eigenvalue weighted by Gasteiger charge is -2.09. The second-order valence-electron chi connectivity index (χ2n) is 6.07. The normalized spacial score (nSPS) is 10.8. The van der Waals surface area contributed by atoms with Gasteiger partial charge in [-0.1, -0.05) is 18.2 Å². The number of hydrogen-bond donors (Lipinski definition) is 1. The molecule has 4 aromatic rings. The number of amides is 1. The maximum atomic E-state index is 14.0. The molecule has 1 heterocycles. The van der Waals surface area contributed by atoms with Gasteiger partial charge < -0.3 is 5.32 Å². The molecule has 1 N–H and O–H groups in total. The quantitative estimate of drug-likeness (QED) is 0.589. The average Bonchev–Trinajstić information content (AvgIpc) is 2.69. The van der Waals surface area contributed by atoms with Crippen LogP contribution in [0.5, 0.6) is 0 Å². The molecule has 0 unspecified atom stereocenters. The number of benzene rings is 3. The first kappa shape index (κ1) is 17.5. The Kier molecular flexibility index (Phi) is 4.41. The molecule has 0 fully saturated rings. The zero-order valence-corrected chi connectivity index (χ0v) is 14.4. The number of hydrogen-bond acceptors (Lipinski definition) is 3. The third-order valence-corrected chi connectivity index (χ3v) is 4.22. The summed E-state index contributed by atoms with van der Waals surface area (Å²) < 4.78 is 28.4. The van der Waals surface area contributed by atoms with Crippen LogP contribution < -0.4 is 10.9 Å². The van der Waals surface area contributed by atoms with E-state index in [0.29, 0.717) is 11.2 Å². The summed E-state index contributed by atoms with van der Waals surface area (Å²) in [5, 5.41) is 2.83. The molecule has 138 valence electrons. The highest BCUT2D eigenvalue weighted by Gasteiger charge is 2.12. The molecule has 0 radical (unpaired) electrons. The number of nitrogens with one attached hydrogen (secondary N) is 1. The fourth-order valence-electron chi connectivity index (χ4n) is 2.85. The van der Waals surface area contributed by atoms with Crippen LogP contribution in [-0.2, 0) is 0 Å². The highest BCUT2D eigenvalue weighted by atomic mass is 19.1. The largest absolute Gasteiger partial charge is 0.322 e. The van der Waals surface area contributed by atoms with Gasteiger partial charge in [-0.2, -0.15) is 0 Å². The van der Waals surface area contributed by atoms with Crippen LogP contribution in [-0.4, -0.2) is 15.5 Å².